The van der Waals surface area contributed by atoms with Crippen molar-refractivity contribution < 1.29 is 9.47 Å². The summed E-state index contributed by atoms with van der Waals surface area (Å²) in [7, 11) is 0. The molecule has 98 valence electrons. The molecule has 0 amide bonds. The Labute approximate surface area is 124 Å². The zero-order valence-electron chi connectivity index (χ0n) is 10.1. The molecule has 0 atom stereocenters. The molecule has 3 rings (SSSR count). The maximum atomic E-state index is 5.69. The first-order valence-electron chi connectivity index (χ1n) is 6.01. The molecule has 0 aliphatic carbocycles. The number of aromatic nitrogens is 1. The molecule has 0 saturated carbocycles. The Hall–Kier alpha value is -1.20. The number of ether oxygens (including phenoxy) is 2. The summed E-state index contributed by atoms with van der Waals surface area (Å²) in [6.45, 7) is 1.42. The van der Waals surface area contributed by atoms with Crippen LogP contribution < -0.4 is 9.47 Å². The summed E-state index contributed by atoms with van der Waals surface area (Å²) in [6, 6.07) is 9.88. The lowest BCUT2D eigenvalue weighted by atomic mass is 10.3. The summed E-state index contributed by atoms with van der Waals surface area (Å²) < 4.78 is 12.3. The summed E-state index contributed by atoms with van der Waals surface area (Å²) in [6.07, 6.45) is 2.71. The topological polar surface area (TPSA) is 31.4 Å². The van der Waals surface area contributed by atoms with E-state index in [1.54, 1.807) is 18.0 Å². The van der Waals surface area contributed by atoms with Crippen LogP contribution in [0.5, 0.6) is 11.5 Å². The van der Waals surface area contributed by atoms with Gasteiger partial charge in [0, 0.05) is 17.5 Å². The Bertz CT molecular complexity index is 591. The Kier molecular flexibility index (Phi) is 3.94. The van der Waals surface area contributed by atoms with E-state index in [9.17, 15) is 0 Å². The van der Waals surface area contributed by atoms with Crippen LogP contribution in [-0.4, -0.2) is 18.2 Å². The Balaban J connectivity index is 1.86. The van der Waals surface area contributed by atoms with Gasteiger partial charge in [-0.15, -0.1) is 0 Å². The quantitative estimate of drug-likeness (QED) is 0.823. The van der Waals surface area contributed by atoms with E-state index in [1.165, 1.54) is 0 Å². The van der Waals surface area contributed by atoms with E-state index in [1.807, 2.05) is 30.3 Å². The molecule has 2 aromatic rings. The van der Waals surface area contributed by atoms with Crippen LogP contribution in [0.15, 0.2) is 50.9 Å². The van der Waals surface area contributed by atoms with Gasteiger partial charge in [0.1, 0.15) is 5.03 Å². The van der Waals surface area contributed by atoms with Crippen molar-refractivity contribution >= 4 is 27.7 Å². The van der Waals surface area contributed by atoms with Crippen molar-refractivity contribution in [1.29, 1.82) is 0 Å². The highest BCUT2D eigenvalue weighted by Crippen LogP contribution is 2.37. The van der Waals surface area contributed by atoms with Gasteiger partial charge in [0.2, 0.25) is 0 Å². The van der Waals surface area contributed by atoms with Crippen molar-refractivity contribution in [3.63, 3.8) is 0 Å². The summed E-state index contributed by atoms with van der Waals surface area (Å²) in [4.78, 5) is 5.43. The second kappa shape index (κ2) is 5.84. The summed E-state index contributed by atoms with van der Waals surface area (Å²) in [5.74, 6) is 1.64. The fourth-order valence-electron chi connectivity index (χ4n) is 1.77. The van der Waals surface area contributed by atoms with Crippen molar-refractivity contribution in [3.8, 4) is 11.5 Å². The first kappa shape index (κ1) is 12.8. The van der Waals surface area contributed by atoms with Crippen LogP contribution in [0.1, 0.15) is 6.42 Å². The van der Waals surface area contributed by atoms with Crippen molar-refractivity contribution in [2.24, 2.45) is 0 Å². The van der Waals surface area contributed by atoms with E-state index in [0.717, 1.165) is 32.3 Å². The molecule has 1 aromatic heterocycles. The minimum Gasteiger partial charge on any atom is -0.490 e. The first-order chi connectivity index (χ1) is 9.33. The van der Waals surface area contributed by atoms with Crippen LogP contribution in [0, 0.1) is 0 Å². The van der Waals surface area contributed by atoms with Gasteiger partial charge < -0.3 is 9.47 Å². The maximum Gasteiger partial charge on any atom is 0.162 e. The van der Waals surface area contributed by atoms with E-state index in [2.05, 4.69) is 20.9 Å². The zero-order valence-corrected chi connectivity index (χ0v) is 12.5. The van der Waals surface area contributed by atoms with Crippen LogP contribution in [0.25, 0.3) is 0 Å². The molecule has 2 heterocycles. The lowest BCUT2D eigenvalue weighted by molar-refractivity contribution is 0.297. The molecule has 1 aliphatic heterocycles. The number of rotatable bonds is 2. The smallest absolute Gasteiger partial charge is 0.162 e. The summed E-state index contributed by atoms with van der Waals surface area (Å²) in [5.41, 5.74) is 0. The average molecular weight is 338 g/mol. The largest absolute Gasteiger partial charge is 0.490 e. The predicted octanol–water partition coefficient (Wildman–Crippen LogP) is 4.16. The Morgan fingerprint density at radius 3 is 2.79 bits per heavy atom. The van der Waals surface area contributed by atoms with E-state index < -0.39 is 0 Å². The van der Waals surface area contributed by atoms with E-state index in [-0.39, 0.29) is 0 Å². The average Bonchev–Trinajstić information content (AvgIpc) is 2.66. The third-order valence-electron chi connectivity index (χ3n) is 2.66. The minimum absolute atomic E-state index is 0.703. The highest BCUT2D eigenvalue weighted by Gasteiger charge is 2.12. The molecule has 1 aromatic carbocycles. The second-order valence-corrected chi connectivity index (χ2v) is 5.97. The molecule has 5 heteroatoms. The molecule has 1 aliphatic rings. The van der Waals surface area contributed by atoms with E-state index in [0.29, 0.717) is 13.2 Å². The number of halogens is 1. The van der Waals surface area contributed by atoms with Gasteiger partial charge in [0.05, 0.1) is 17.7 Å². The van der Waals surface area contributed by atoms with Crippen molar-refractivity contribution in [2.75, 3.05) is 13.2 Å². The van der Waals surface area contributed by atoms with E-state index in [4.69, 9.17) is 9.47 Å². The molecule has 0 fully saturated rings. The third-order valence-corrected chi connectivity index (χ3v) is 4.57. The molecule has 0 bridgehead atoms. The van der Waals surface area contributed by atoms with Crippen molar-refractivity contribution in [3.05, 3.63) is 41.0 Å². The number of hydrogen-bond acceptors (Lipinski definition) is 4. The number of nitrogens with zero attached hydrogens (tertiary/aromatic N) is 1. The minimum atomic E-state index is 0.703. The van der Waals surface area contributed by atoms with Crippen LogP contribution in [-0.2, 0) is 0 Å². The predicted molar refractivity (Wildman–Crippen MR) is 78.1 cm³/mol. The van der Waals surface area contributed by atoms with Gasteiger partial charge in [-0.3, -0.25) is 0 Å². The molecule has 0 unspecified atom stereocenters. The number of benzene rings is 1. The molecule has 0 saturated heterocycles. The fourth-order valence-corrected chi connectivity index (χ4v) is 3.07. The lowest BCUT2D eigenvalue weighted by Crippen LogP contribution is -1.97. The first-order valence-corrected chi connectivity index (χ1v) is 7.62. The van der Waals surface area contributed by atoms with Gasteiger partial charge in [0.25, 0.3) is 0 Å². The standard InChI is InChI=1S/C14H12BrNO2S/c15-11-3-1-6-16-14(11)19-10-4-5-12-13(9-10)18-8-2-7-17-12/h1,3-6,9H,2,7-8H2. The SMILES string of the molecule is Brc1cccnc1Sc1ccc2c(c1)OCCCO2. The fraction of sp³-hybridized carbons (Fsp3) is 0.214. The zero-order chi connectivity index (χ0) is 13.1. The summed E-state index contributed by atoms with van der Waals surface area (Å²) >= 11 is 5.10. The lowest BCUT2D eigenvalue weighted by Gasteiger charge is -2.09. The van der Waals surface area contributed by atoms with Crippen LogP contribution in [0.4, 0.5) is 0 Å². The van der Waals surface area contributed by atoms with Gasteiger partial charge in [0.15, 0.2) is 11.5 Å². The molecular weight excluding hydrogens is 326 g/mol. The maximum absolute atomic E-state index is 5.69. The van der Waals surface area contributed by atoms with Crippen LogP contribution in [0.2, 0.25) is 0 Å². The third kappa shape index (κ3) is 3.04. The van der Waals surface area contributed by atoms with Crippen molar-refractivity contribution in [1.82, 2.24) is 4.98 Å². The number of fused-ring (bicyclic) bond motifs is 1. The van der Waals surface area contributed by atoms with Gasteiger partial charge in [-0.25, -0.2) is 4.98 Å². The second-order valence-electron chi connectivity index (χ2n) is 4.05. The Morgan fingerprint density at radius 2 is 1.95 bits per heavy atom. The highest BCUT2D eigenvalue weighted by molar-refractivity contribution is 9.10. The number of hydrogen-bond donors (Lipinski definition) is 0. The van der Waals surface area contributed by atoms with Crippen LogP contribution >= 0.6 is 27.7 Å². The molecule has 0 spiro atoms. The van der Waals surface area contributed by atoms with Crippen molar-refractivity contribution in [2.45, 2.75) is 16.3 Å². The van der Waals surface area contributed by atoms with E-state index >= 15 is 0 Å². The Morgan fingerprint density at radius 1 is 1.11 bits per heavy atom. The number of pyridine rings is 1. The summed E-state index contributed by atoms with van der Waals surface area (Å²) in [5, 5.41) is 0.942. The monoisotopic (exact) mass is 337 g/mol. The van der Waals surface area contributed by atoms with Gasteiger partial charge in [-0.1, -0.05) is 11.8 Å². The normalized spacial score (nSPS) is 13.9. The molecule has 3 nitrogen and oxygen atoms in total. The highest BCUT2D eigenvalue weighted by atomic mass is 79.9. The molecule has 0 radical (unpaired) electrons. The molecule has 0 N–H and O–H groups in total. The molecule has 19 heavy (non-hydrogen) atoms. The van der Waals surface area contributed by atoms with Gasteiger partial charge in [-0.05, 0) is 46.3 Å². The van der Waals surface area contributed by atoms with Crippen LogP contribution in [0.3, 0.4) is 0 Å². The van der Waals surface area contributed by atoms with Gasteiger partial charge >= 0.3 is 0 Å². The van der Waals surface area contributed by atoms with Gasteiger partial charge in [-0.2, -0.15) is 0 Å². The molecular formula is C14H12BrNO2S.